The first kappa shape index (κ1) is 20.6. The van der Waals surface area contributed by atoms with Crippen LogP contribution in [0.2, 0.25) is 0 Å². The number of hydrogen-bond acceptors (Lipinski definition) is 6. The molecular weight excluding hydrogens is 421 g/mol. The minimum Gasteiger partial charge on any atom is -0.392 e. The summed E-state index contributed by atoms with van der Waals surface area (Å²) in [6.07, 6.45) is 4.68. The van der Waals surface area contributed by atoms with Crippen molar-refractivity contribution in [3.8, 4) is 6.07 Å². The molecule has 9 heteroatoms. The lowest BCUT2D eigenvalue weighted by atomic mass is 9.80. The maximum absolute atomic E-state index is 14.7. The van der Waals surface area contributed by atoms with Crippen LogP contribution in [0, 0.1) is 17.1 Å². The largest absolute Gasteiger partial charge is 0.392 e. The number of aliphatic hydroxyl groups is 1. The van der Waals surface area contributed by atoms with Gasteiger partial charge >= 0.3 is 0 Å². The van der Waals surface area contributed by atoms with Crippen LogP contribution in [0.25, 0.3) is 5.52 Å². The van der Waals surface area contributed by atoms with Crippen LogP contribution in [0.4, 0.5) is 10.1 Å². The standard InChI is InChI=1S/C24H28FN7O/c1-15-12-29(21-4-3-16(10-26)32-23(21)19(25)11-27-32)14-22-18-5-7-24(2,9-20(18)28-31(15)22)30-8-6-17(33)13-30/h3-4,11,15,17,33H,5-9,12-14H2,1-2H3/t15-,17?,24-/m1/s1. The van der Waals surface area contributed by atoms with E-state index in [1.54, 1.807) is 6.07 Å². The van der Waals surface area contributed by atoms with Crippen molar-refractivity contribution in [1.82, 2.24) is 24.3 Å². The van der Waals surface area contributed by atoms with Crippen LogP contribution in [0.1, 0.15) is 55.4 Å². The number of likely N-dealkylation sites (tertiary alicyclic amines) is 1. The van der Waals surface area contributed by atoms with Crippen molar-refractivity contribution in [2.75, 3.05) is 24.5 Å². The van der Waals surface area contributed by atoms with E-state index in [-0.39, 0.29) is 17.7 Å². The van der Waals surface area contributed by atoms with Crippen molar-refractivity contribution in [1.29, 1.82) is 5.26 Å². The van der Waals surface area contributed by atoms with Crippen molar-refractivity contribution in [2.24, 2.45) is 0 Å². The van der Waals surface area contributed by atoms with Crippen LogP contribution in [-0.2, 0) is 19.4 Å². The molecule has 3 aromatic heterocycles. The Morgan fingerprint density at radius 1 is 1.30 bits per heavy atom. The number of β-amino-alcohol motifs (C(OH)–C–C–N with tert-alkyl or cyclic N) is 1. The lowest BCUT2D eigenvalue weighted by molar-refractivity contribution is 0.0924. The van der Waals surface area contributed by atoms with Gasteiger partial charge in [-0.3, -0.25) is 9.58 Å². The third-order valence-corrected chi connectivity index (χ3v) is 7.88. The molecule has 1 N–H and O–H groups in total. The fourth-order valence-electron chi connectivity index (χ4n) is 6.08. The molecule has 0 aromatic carbocycles. The molecule has 0 radical (unpaired) electrons. The Hall–Kier alpha value is -2.96. The van der Waals surface area contributed by atoms with Crippen LogP contribution >= 0.6 is 0 Å². The topological polar surface area (TPSA) is 85.6 Å². The Labute approximate surface area is 191 Å². The summed E-state index contributed by atoms with van der Waals surface area (Å²) in [6, 6.07) is 5.77. The number of nitriles is 1. The van der Waals surface area contributed by atoms with Gasteiger partial charge in [0.15, 0.2) is 5.82 Å². The van der Waals surface area contributed by atoms with Crippen molar-refractivity contribution < 1.29 is 9.50 Å². The number of hydrogen-bond donors (Lipinski definition) is 1. The van der Waals surface area contributed by atoms with Crippen LogP contribution in [0.5, 0.6) is 0 Å². The fourth-order valence-corrected chi connectivity index (χ4v) is 6.08. The monoisotopic (exact) mass is 449 g/mol. The molecule has 172 valence electrons. The Morgan fingerprint density at radius 2 is 2.15 bits per heavy atom. The molecule has 0 saturated carbocycles. The Balaban J connectivity index is 1.35. The Morgan fingerprint density at radius 3 is 2.91 bits per heavy atom. The van der Waals surface area contributed by atoms with Gasteiger partial charge in [-0.25, -0.2) is 8.91 Å². The van der Waals surface area contributed by atoms with Crippen LogP contribution < -0.4 is 4.90 Å². The number of nitrogens with zero attached hydrogens (tertiary/aromatic N) is 7. The summed E-state index contributed by atoms with van der Waals surface area (Å²) >= 11 is 0. The quantitative estimate of drug-likeness (QED) is 0.647. The number of anilines is 1. The normalized spacial score (nSPS) is 27.5. The molecule has 3 aliphatic rings. The second-order valence-corrected chi connectivity index (χ2v) is 10.1. The molecule has 1 aliphatic carbocycles. The molecule has 1 unspecified atom stereocenters. The van der Waals surface area contributed by atoms with Gasteiger partial charge in [0.2, 0.25) is 0 Å². The first-order valence-electron chi connectivity index (χ1n) is 11.7. The predicted octanol–water partition coefficient (Wildman–Crippen LogP) is 2.44. The van der Waals surface area contributed by atoms with E-state index in [2.05, 4.69) is 39.5 Å². The second-order valence-electron chi connectivity index (χ2n) is 10.1. The minimum absolute atomic E-state index is 0.0257. The molecule has 8 nitrogen and oxygen atoms in total. The maximum Gasteiger partial charge on any atom is 0.171 e. The summed E-state index contributed by atoms with van der Waals surface area (Å²) in [5.74, 6) is -0.417. The Bertz CT molecular complexity index is 1290. The van der Waals surface area contributed by atoms with Gasteiger partial charge in [0.05, 0.1) is 42.0 Å². The molecule has 3 aromatic rings. The molecule has 2 aliphatic heterocycles. The lowest BCUT2D eigenvalue weighted by Gasteiger charge is -2.41. The van der Waals surface area contributed by atoms with E-state index in [1.165, 1.54) is 22.0 Å². The van der Waals surface area contributed by atoms with Gasteiger partial charge in [-0.05, 0) is 50.8 Å². The van der Waals surface area contributed by atoms with E-state index in [9.17, 15) is 14.8 Å². The molecule has 0 amide bonds. The van der Waals surface area contributed by atoms with Gasteiger partial charge in [-0.1, -0.05) is 0 Å². The number of aromatic nitrogens is 4. The molecule has 6 rings (SSSR count). The number of halogens is 1. The maximum atomic E-state index is 14.7. The molecule has 33 heavy (non-hydrogen) atoms. The van der Waals surface area contributed by atoms with E-state index < -0.39 is 5.82 Å². The molecular formula is C24H28FN7O. The molecule has 1 saturated heterocycles. The van der Waals surface area contributed by atoms with E-state index in [1.807, 2.05) is 6.07 Å². The van der Waals surface area contributed by atoms with E-state index in [0.717, 1.165) is 50.2 Å². The van der Waals surface area contributed by atoms with E-state index in [0.29, 0.717) is 24.3 Å². The highest BCUT2D eigenvalue weighted by molar-refractivity contribution is 5.75. The number of fused-ring (bicyclic) bond motifs is 4. The predicted molar refractivity (Wildman–Crippen MR) is 120 cm³/mol. The first-order valence-corrected chi connectivity index (χ1v) is 11.7. The van der Waals surface area contributed by atoms with E-state index >= 15 is 0 Å². The number of aliphatic hydroxyl groups excluding tert-OH is 1. The molecule has 3 atom stereocenters. The highest BCUT2D eigenvalue weighted by Crippen LogP contribution is 2.39. The summed E-state index contributed by atoms with van der Waals surface area (Å²) in [5.41, 5.74) is 5.13. The van der Waals surface area contributed by atoms with Gasteiger partial charge < -0.3 is 10.0 Å². The summed E-state index contributed by atoms with van der Waals surface area (Å²) < 4.78 is 18.2. The molecule has 5 heterocycles. The second kappa shape index (κ2) is 7.27. The van der Waals surface area contributed by atoms with Gasteiger partial charge in [-0.2, -0.15) is 15.5 Å². The molecule has 0 spiro atoms. The zero-order valence-corrected chi connectivity index (χ0v) is 19.0. The lowest BCUT2D eigenvalue weighted by Crippen LogP contribution is -2.49. The average molecular weight is 450 g/mol. The minimum atomic E-state index is -0.417. The SMILES string of the molecule is C[C@@H]1CN(c2ccc(C#N)n3ncc(F)c23)Cc2c3c(nn21)C[C@](C)(N1CCC(O)C1)CC3. The smallest absolute Gasteiger partial charge is 0.171 e. The van der Waals surface area contributed by atoms with Gasteiger partial charge in [0, 0.05) is 31.6 Å². The summed E-state index contributed by atoms with van der Waals surface area (Å²) in [7, 11) is 0. The van der Waals surface area contributed by atoms with Crippen molar-refractivity contribution in [3.05, 3.63) is 46.8 Å². The third-order valence-electron chi connectivity index (χ3n) is 7.88. The number of pyridine rings is 1. The third kappa shape index (κ3) is 3.08. The highest BCUT2D eigenvalue weighted by atomic mass is 19.1. The summed E-state index contributed by atoms with van der Waals surface area (Å²) in [6.45, 7) is 7.49. The fraction of sp³-hybridized carbons (Fsp3) is 0.542. The first-order chi connectivity index (χ1) is 15.9. The van der Waals surface area contributed by atoms with Crippen LogP contribution in [0.3, 0.4) is 0 Å². The summed E-state index contributed by atoms with van der Waals surface area (Å²) in [4.78, 5) is 4.62. The molecule has 1 fully saturated rings. The molecule has 0 bridgehead atoms. The zero-order chi connectivity index (χ0) is 22.9. The van der Waals surface area contributed by atoms with Crippen LogP contribution in [-0.4, -0.2) is 60.7 Å². The average Bonchev–Trinajstić information content (AvgIpc) is 3.50. The van der Waals surface area contributed by atoms with Crippen molar-refractivity contribution in [3.63, 3.8) is 0 Å². The zero-order valence-electron chi connectivity index (χ0n) is 19.0. The van der Waals surface area contributed by atoms with Crippen molar-refractivity contribution in [2.45, 2.75) is 63.8 Å². The summed E-state index contributed by atoms with van der Waals surface area (Å²) in [5, 5.41) is 28.6. The van der Waals surface area contributed by atoms with Crippen LogP contribution in [0.15, 0.2) is 18.3 Å². The van der Waals surface area contributed by atoms with Gasteiger partial charge in [0.1, 0.15) is 17.3 Å². The highest BCUT2D eigenvalue weighted by Gasteiger charge is 2.42. The van der Waals surface area contributed by atoms with Gasteiger partial charge in [-0.15, -0.1) is 0 Å². The van der Waals surface area contributed by atoms with Gasteiger partial charge in [0.25, 0.3) is 0 Å². The number of rotatable bonds is 2. The van der Waals surface area contributed by atoms with E-state index in [4.69, 9.17) is 5.10 Å². The Kier molecular flexibility index (Phi) is 4.55. The van der Waals surface area contributed by atoms with Crippen molar-refractivity contribution >= 4 is 11.2 Å².